The van der Waals surface area contributed by atoms with E-state index in [9.17, 15) is 18.3 Å². The number of carbonyl (C=O) groups is 1. The topological polar surface area (TPSA) is 139 Å². The highest BCUT2D eigenvalue weighted by Gasteiger charge is 2.59. The molecule has 1 aliphatic carbocycles. The second kappa shape index (κ2) is 11.3. The SMILES string of the molecule is CCNC(=O)N1Cc2cc(OC)c(Br)c3c2[C@@]2(C[C@H]1CO)[C@H](C)C/C(=N\NS(=O)(=O)c1ccc(OC)cc1)C[C@H]2O3. The summed E-state index contributed by atoms with van der Waals surface area (Å²) in [6.45, 7) is 4.50. The Balaban J connectivity index is 1.52. The van der Waals surface area contributed by atoms with Crippen molar-refractivity contribution in [2.24, 2.45) is 11.0 Å². The first kappa shape index (κ1) is 29.5. The lowest BCUT2D eigenvalue weighted by molar-refractivity contribution is 0.0518. The van der Waals surface area contributed by atoms with Crippen molar-refractivity contribution in [1.29, 1.82) is 0 Å². The third-order valence-electron chi connectivity index (χ3n) is 8.48. The smallest absolute Gasteiger partial charge is 0.318 e. The van der Waals surface area contributed by atoms with Crippen molar-refractivity contribution in [3.63, 3.8) is 0 Å². The zero-order valence-corrected chi connectivity index (χ0v) is 25.8. The van der Waals surface area contributed by atoms with E-state index in [1.165, 1.54) is 19.2 Å². The van der Waals surface area contributed by atoms with E-state index in [4.69, 9.17) is 14.2 Å². The van der Waals surface area contributed by atoms with Gasteiger partial charge in [0.25, 0.3) is 10.0 Å². The first-order chi connectivity index (χ1) is 19.6. The van der Waals surface area contributed by atoms with Gasteiger partial charge in [0, 0.05) is 36.2 Å². The molecule has 1 spiro atoms. The Labute approximate surface area is 248 Å². The highest BCUT2D eigenvalue weighted by molar-refractivity contribution is 9.10. The van der Waals surface area contributed by atoms with Gasteiger partial charge in [0.1, 0.15) is 27.8 Å². The van der Waals surface area contributed by atoms with Gasteiger partial charge in [0.05, 0.1) is 31.8 Å². The average Bonchev–Trinajstić information content (AvgIpc) is 3.22. The van der Waals surface area contributed by atoms with Gasteiger partial charge >= 0.3 is 6.03 Å². The number of amides is 2. The predicted octanol–water partition coefficient (Wildman–Crippen LogP) is 3.53. The van der Waals surface area contributed by atoms with Crippen molar-refractivity contribution in [1.82, 2.24) is 15.0 Å². The first-order valence-corrected chi connectivity index (χ1v) is 15.8. The molecule has 2 amide bonds. The molecule has 5 rings (SSSR count). The van der Waals surface area contributed by atoms with Crippen LogP contribution in [0.5, 0.6) is 17.2 Å². The molecular weight excluding hydrogens is 616 g/mol. The molecule has 0 radical (unpaired) electrons. The highest BCUT2D eigenvalue weighted by Crippen LogP contribution is 2.60. The standard InChI is InChI=1S/C28H35BrN4O7S/c1-5-30-27(35)33-14-17-11-22(39-4)25(29)26-24(17)28(13-19(33)15-34)16(2)10-18(12-23(28)40-26)31-32-41(36,37)21-8-6-20(38-3)7-9-21/h6-9,11,16,19,23,32,34H,5,10,12-15H2,1-4H3,(H,30,35)/b31-18+/t16-,19+,23-,28+/m1/s1. The van der Waals surface area contributed by atoms with Crippen LogP contribution < -0.4 is 24.4 Å². The van der Waals surface area contributed by atoms with Crippen LogP contribution in [0.3, 0.4) is 0 Å². The molecule has 13 heteroatoms. The number of halogens is 1. The zero-order chi connectivity index (χ0) is 29.5. The molecule has 2 aliphatic heterocycles. The van der Waals surface area contributed by atoms with Gasteiger partial charge in [-0.2, -0.15) is 13.5 Å². The Kier molecular flexibility index (Phi) is 8.14. The number of hydrogen-bond acceptors (Lipinski definition) is 8. The number of aliphatic hydroxyl groups excluding tert-OH is 1. The molecule has 2 aromatic carbocycles. The third kappa shape index (κ3) is 5.01. The lowest BCUT2D eigenvalue weighted by Crippen LogP contribution is -2.54. The number of carbonyl (C=O) groups excluding carboxylic acids is 1. The fraction of sp³-hybridized carbons (Fsp3) is 0.500. The number of urea groups is 1. The molecule has 3 N–H and O–H groups in total. The summed E-state index contributed by atoms with van der Waals surface area (Å²) in [5.41, 5.74) is 2.03. The van der Waals surface area contributed by atoms with Crippen LogP contribution in [0.25, 0.3) is 0 Å². The number of hydrogen-bond donors (Lipinski definition) is 3. The molecule has 1 fully saturated rings. The quantitative estimate of drug-likeness (QED) is 0.390. The molecule has 0 aromatic heterocycles. The van der Waals surface area contributed by atoms with E-state index in [2.05, 4.69) is 38.1 Å². The summed E-state index contributed by atoms with van der Waals surface area (Å²) in [5, 5.41) is 17.7. The molecule has 0 bridgehead atoms. The van der Waals surface area contributed by atoms with Crippen molar-refractivity contribution in [2.75, 3.05) is 27.4 Å². The molecule has 4 atom stereocenters. The summed E-state index contributed by atoms with van der Waals surface area (Å²) in [5.74, 6) is 1.75. The van der Waals surface area contributed by atoms with Crippen molar-refractivity contribution in [3.8, 4) is 17.2 Å². The summed E-state index contributed by atoms with van der Waals surface area (Å²) in [6, 6.07) is 7.32. The number of sulfonamides is 1. The fourth-order valence-corrected chi connectivity index (χ4v) is 7.93. The number of aliphatic hydroxyl groups is 1. The van der Waals surface area contributed by atoms with Crippen LogP contribution in [-0.2, 0) is 22.0 Å². The number of nitrogens with one attached hydrogen (secondary N) is 2. The number of nitrogens with zero attached hydrogens (tertiary/aromatic N) is 2. The van der Waals surface area contributed by atoms with Crippen LogP contribution >= 0.6 is 15.9 Å². The van der Waals surface area contributed by atoms with Crippen molar-refractivity contribution in [2.45, 2.75) is 62.1 Å². The number of rotatable bonds is 7. The maximum Gasteiger partial charge on any atom is 0.318 e. The van der Waals surface area contributed by atoms with Crippen molar-refractivity contribution < 1.29 is 32.5 Å². The van der Waals surface area contributed by atoms with Gasteiger partial charge in [-0.1, -0.05) is 6.92 Å². The lowest BCUT2D eigenvalue weighted by atomic mass is 9.59. The van der Waals surface area contributed by atoms with Gasteiger partial charge in [0.2, 0.25) is 0 Å². The Hall–Kier alpha value is -3.03. The molecule has 3 aliphatic rings. The molecule has 1 saturated carbocycles. The Morgan fingerprint density at radius 3 is 2.61 bits per heavy atom. The maximum absolute atomic E-state index is 13.1. The zero-order valence-electron chi connectivity index (χ0n) is 23.4. The van der Waals surface area contributed by atoms with E-state index < -0.39 is 27.6 Å². The van der Waals surface area contributed by atoms with Crippen molar-refractivity contribution >= 4 is 37.7 Å². The second-order valence-electron chi connectivity index (χ2n) is 10.7. The molecule has 11 nitrogen and oxygen atoms in total. The molecule has 222 valence electrons. The first-order valence-electron chi connectivity index (χ1n) is 13.5. The van der Waals surface area contributed by atoms with Crippen molar-refractivity contribution in [3.05, 3.63) is 45.9 Å². The minimum atomic E-state index is -3.89. The van der Waals surface area contributed by atoms with E-state index in [0.29, 0.717) is 53.2 Å². The minimum Gasteiger partial charge on any atom is -0.497 e. The Bertz CT molecular complexity index is 1470. The normalized spacial score (nSPS) is 26.0. The Morgan fingerprint density at radius 1 is 1.24 bits per heavy atom. The van der Waals surface area contributed by atoms with E-state index >= 15 is 0 Å². The molecule has 0 unspecified atom stereocenters. The van der Waals surface area contributed by atoms with E-state index in [1.54, 1.807) is 24.1 Å². The summed E-state index contributed by atoms with van der Waals surface area (Å²) in [6.07, 6.45) is 0.969. The molecule has 41 heavy (non-hydrogen) atoms. The van der Waals surface area contributed by atoms with Gasteiger partial charge in [-0.15, -0.1) is 0 Å². The van der Waals surface area contributed by atoms with Crippen LogP contribution in [0.1, 0.15) is 44.2 Å². The van der Waals surface area contributed by atoms with Crippen LogP contribution in [-0.4, -0.2) is 69.7 Å². The average molecular weight is 652 g/mol. The van der Waals surface area contributed by atoms with Gasteiger partial charge in [-0.25, -0.2) is 9.63 Å². The minimum absolute atomic E-state index is 0.0472. The summed E-state index contributed by atoms with van der Waals surface area (Å²) in [4.78, 5) is 17.3. The summed E-state index contributed by atoms with van der Waals surface area (Å²) in [7, 11) is -0.801. The van der Waals surface area contributed by atoms with E-state index in [1.807, 2.05) is 13.0 Å². The number of methoxy groups -OCH3 is 2. The van der Waals surface area contributed by atoms with E-state index in [0.717, 1.165) is 11.1 Å². The van der Waals surface area contributed by atoms with Gasteiger partial charge in [0.15, 0.2) is 0 Å². The van der Waals surface area contributed by atoms with E-state index in [-0.39, 0.29) is 30.0 Å². The van der Waals surface area contributed by atoms with Crippen LogP contribution in [0.15, 0.2) is 44.8 Å². The lowest BCUT2D eigenvalue weighted by Gasteiger charge is -2.45. The maximum atomic E-state index is 13.1. The van der Waals surface area contributed by atoms with Crippen LogP contribution in [0.2, 0.25) is 0 Å². The van der Waals surface area contributed by atoms with Gasteiger partial charge < -0.3 is 29.5 Å². The summed E-state index contributed by atoms with van der Waals surface area (Å²) >= 11 is 3.67. The predicted molar refractivity (Wildman–Crippen MR) is 156 cm³/mol. The van der Waals surface area contributed by atoms with Gasteiger partial charge in [-0.05, 0) is 77.5 Å². The molecule has 2 aromatic rings. The van der Waals surface area contributed by atoms with Crippen LogP contribution in [0, 0.1) is 5.92 Å². The third-order valence-corrected chi connectivity index (χ3v) is 10.5. The monoisotopic (exact) mass is 650 g/mol. The fourth-order valence-electron chi connectivity index (χ4n) is 6.51. The van der Waals surface area contributed by atoms with Gasteiger partial charge in [-0.3, -0.25) is 0 Å². The Morgan fingerprint density at radius 2 is 1.98 bits per heavy atom. The largest absolute Gasteiger partial charge is 0.497 e. The summed E-state index contributed by atoms with van der Waals surface area (Å²) < 4.78 is 44.0. The second-order valence-corrected chi connectivity index (χ2v) is 13.1. The molecular formula is C28H35BrN4O7S. The highest BCUT2D eigenvalue weighted by atomic mass is 79.9. The molecule has 0 saturated heterocycles. The number of hydrazone groups is 1. The number of benzene rings is 2. The van der Waals surface area contributed by atoms with Crippen LogP contribution in [0.4, 0.5) is 4.79 Å². The number of ether oxygens (including phenoxy) is 3. The molecule has 2 heterocycles.